The first kappa shape index (κ1) is 17.1. The summed E-state index contributed by atoms with van der Waals surface area (Å²) >= 11 is 1.54. The van der Waals surface area contributed by atoms with Gasteiger partial charge in [-0.25, -0.2) is 4.98 Å². The summed E-state index contributed by atoms with van der Waals surface area (Å²) in [5.41, 5.74) is 1.92. The van der Waals surface area contributed by atoms with Crippen LogP contribution in [0.4, 0.5) is 0 Å². The minimum atomic E-state index is -0.900. The molecule has 1 unspecified atom stereocenters. The first-order chi connectivity index (χ1) is 11.0. The highest BCUT2D eigenvalue weighted by atomic mass is 32.1. The van der Waals surface area contributed by atoms with E-state index in [9.17, 15) is 9.59 Å². The lowest BCUT2D eigenvalue weighted by Gasteiger charge is -2.18. The SMILES string of the molecule is CC(CN(C)C(=O)Cc1csc(Cc2ccccc2)n1)C(=O)O. The number of aliphatic carboxylic acids is 1. The quantitative estimate of drug-likeness (QED) is 0.845. The number of carbonyl (C=O) groups is 2. The van der Waals surface area contributed by atoms with E-state index in [4.69, 9.17) is 5.11 Å². The maximum Gasteiger partial charge on any atom is 0.308 e. The number of amides is 1. The largest absolute Gasteiger partial charge is 0.481 e. The van der Waals surface area contributed by atoms with Gasteiger partial charge in [0.05, 0.1) is 23.0 Å². The molecule has 1 aromatic carbocycles. The van der Waals surface area contributed by atoms with Crippen LogP contribution in [0.5, 0.6) is 0 Å². The molecule has 23 heavy (non-hydrogen) atoms. The number of nitrogens with zero attached hydrogens (tertiary/aromatic N) is 2. The average molecular weight is 332 g/mol. The van der Waals surface area contributed by atoms with Gasteiger partial charge in [-0.2, -0.15) is 0 Å². The van der Waals surface area contributed by atoms with Crippen LogP contribution in [0.1, 0.15) is 23.2 Å². The van der Waals surface area contributed by atoms with Crippen LogP contribution in [0.25, 0.3) is 0 Å². The molecule has 0 saturated heterocycles. The molecule has 1 atom stereocenters. The highest BCUT2D eigenvalue weighted by molar-refractivity contribution is 7.09. The summed E-state index contributed by atoms with van der Waals surface area (Å²) < 4.78 is 0. The summed E-state index contributed by atoms with van der Waals surface area (Å²) in [6.07, 6.45) is 0.958. The van der Waals surface area contributed by atoms with Crippen molar-refractivity contribution in [3.05, 3.63) is 52.0 Å². The Morgan fingerprint density at radius 2 is 2.00 bits per heavy atom. The molecule has 122 valence electrons. The summed E-state index contributed by atoms with van der Waals surface area (Å²) in [6.45, 7) is 1.79. The van der Waals surface area contributed by atoms with Crippen molar-refractivity contribution >= 4 is 23.2 Å². The second-order valence-electron chi connectivity index (χ2n) is 5.59. The van der Waals surface area contributed by atoms with Gasteiger partial charge in [0.2, 0.25) is 5.91 Å². The topological polar surface area (TPSA) is 70.5 Å². The Balaban J connectivity index is 1.91. The van der Waals surface area contributed by atoms with Crippen molar-refractivity contribution in [3.63, 3.8) is 0 Å². The van der Waals surface area contributed by atoms with Gasteiger partial charge in [-0.15, -0.1) is 11.3 Å². The lowest BCUT2D eigenvalue weighted by Crippen LogP contribution is -2.34. The Bertz CT molecular complexity index is 669. The van der Waals surface area contributed by atoms with E-state index in [1.54, 1.807) is 25.3 Å². The van der Waals surface area contributed by atoms with Gasteiger partial charge < -0.3 is 10.0 Å². The summed E-state index contributed by atoms with van der Waals surface area (Å²) in [7, 11) is 1.62. The summed E-state index contributed by atoms with van der Waals surface area (Å²) in [6, 6.07) is 10.1. The number of carboxylic acids is 1. The highest BCUT2D eigenvalue weighted by Gasteiger charge is 2.18. The molecule has 0 aliphatic rings. The second kappa shape index (κ2) is 7.87. The Kier molecular flexibility index (Phi) is 5.87. The molecule has 0 spiro atoms. The van der Waals surface area contributed by atoms with Crippen LogP contribution in [0, 0.1) is 5.92 Å². The maximum absolute atomic E-state index is 12.1. The van der Waals surface area contributed by atoms with Crippen LogP contribution in [0.3, 0.4) is 0 Å². The van der Waals surface area contributed by atoms with Crippen molar-refractivity contribution in [1.29, 1.82) is 0 Å². The molecule has 0 bridgehead atoms. The molecular formula is C17H20N2O3S. The molecule has 1 aromatic heterocycles. The lowest BCUT2D eigenvalue weighted by molar-refractivity contribution is -0.142. The number of benzene rings is 1. The zero-order valence-corrected chi connectivity index (χ0v) is 14.0. The Labute approximate surface area is 139 Å². The summed E-state index contributed by atoms with van der Waals surface area (Å²) in [5.74, 6) is -1.59. The Morgan fingerprint density at radius 1 is 1.30 bits per heavy atom. The van der Waals surface area contributed by atoms with Gasteiger partial charge in [-0.05, 0) is 5.56 Å². The van der Waals surface area contributed by atoms with Crippen LogP contribution in [-0.4, -0.2) is 40.5 Å². The molecule has 0 aliphatic heterocycles. The number of thiazole rings is 1. The van der Waals surface area contributed by atoms with Crippen LogP contribution in [-0.2, 0) is 22.4 Å². The minimum Gasteiger partial charge on any atom is -0.481 e. The fourth-order valence-electron chi connectivity index (χ4n) is 2.16. The van der Waals surface area contributed by atoms with E-state index in [1.807, 2.05) is 35.7 Å². The van der Waals surface area contributed by atoms with Gasteiger partial charge in [0, 0.05) is 25.4 Å². The molecule has 1 heterocycles. The standard InChI is InChI=1S/C17H20N2O3S/c1-12(17(21)22)10-19(2)16(20)9-14-11-23-15(18-14)8-13-6-4-3-5-7-13/h3-7,11-12H,8-10H2,1-2H3,(H,21,22). The maximum atomic E-state index is 12.1. The minimum absolute atomic E-state index is 0.116. The van der Waals surface area contributed by atoms with E-state index in [0.29, 0.717) is 0 Å². The third-order valence-electron chi connectivity index (χ3n) is 3.52. The number of aromatic nitrogens is 1. The first-order valence-electron chi connectivity index (χ1n) is 7.39. The van der Waals surface area contributed by atoms with Crippen molar-refractivity contribution in [2.24, 2.45) is 5.92 Å². The zero-order valence-electron chi connectivity index (χ0n) is 13.2. The van der Waals surface area contributed by atoms with E-state index in [0.717, 1.165) is 17.1 Å². The monoisotopic (exact) mass is 332 g/mol. The molecule has 5 nitrogen and oxygen atoms in total. The number of carbonyl (C=O) groups excluding carboxylic acids is 1. The second-order valence-corrected chi connectivity index (χ2v) is 6.53. The predicted molar refractivity (Wildman–Crippen MR) is 89.5 cm³/mol. The number of likely N-dealkylation sites (N-methyl/N-ethyl adjacent to an activating group) is 1. The van der Waals surface area contributed by atoms with E-state index in [-0.39, 0.29) is 18.9 Å². The number of hydrogen-bond acceptors (Lipinski definition) is 4. The van der Waals surface area contributed by atoms with Crippen molar-refractivity contribution in [2.45, 2.75) is 19.8 Å². The van der Waals surface area contributed by atoms with Gasteiger partial charge in [-0.1, -0.05) is 37.3 Å². The van der Waals surface area contributed by atoms with Gasteiger partial charge in [0.15, 0.2) is 0 Å². The van der Waals surface area contributed by atoms with E-state index in [2.05, 4.69) is 4.98 Å². The third-order valence-corrected chi connectivity index (χ3v) is 4.42. The molecule has 6 heteroatoms. The van der Waals surface area contributed by atoms with Crippen molar-refractivity contribution in [3.8, 4) is 0 Å². The summed E-state index contributed by atoms with van der Waals surface area (Å²) in [4.78, 5) is 28.9. The summed E-state index contributed by atoms with van der Waals surface area (Å²) in [5, 5.41) is 11.8. The number of rotatable bonds is 7. The van der Waals surface area contributed by atoms with Crippen LogP contribution < -0.4 is 0 Å². The van der Waals surface area contributed by atoms with E-state index < -0.39 is 11.9 Å². The Morgan fingerprint density at radius 3 is 2.65 bits per heavy atom. The van der Waals surface area contributed by atoms with Crippen molar-refractivity contribution in [1.82, 2.24) is 9.88 Å². The Hall–Kier alpha value is -2.21. The van der Waals surface area contributed by atoms with E-state index >= 15 is 0 Å². The molecular weight excluding hydrogens is 312 g/mol. The van der Waals surface area contributed by atoms with Gasteiger partial charge in [-0.3, -0.25) is 9.59 Å². The molecule has 2 rings (SSSR count). The number of carboxylic acid groups (broad SMARTS) is 1. The van der Waals surface area contributed by atoms with Crippen LogP contribution in [0.15, 0.2) is 35.7 Å². The average Bonchev–Trinajstić information content (AvgIpc) is 2.95. The third kappa shape index (κ3) is 5.17. The van der Waals surface area contributed by atoms with Crippen LogP contribution in [0.2, 0.25) is 0 Å². The fourth-order valence-corrected chi connectivity index (χ4v) is 2.99. The van der Waals surface area contributed by atoms with Gasteiger partial charge in [0.1, 0.15) is 0 Å². The van der Waals surface area contributed by atoms with Crippen molar-refractivity contribution in [2.75, 3.05) is 13.6 Å². The highest BCUT2D eigenvalue weighted by Crippen LogP contribution is 2.15. The van der Waals surface area contributed by atoms with Crippen molar-refractivity contribution < 1.29 is 14.7 Å². The van der Waals surface area contributed by atoms with E-state index in [1.165, 1.54) is 10.5 Å². The molecule has 1 N–H and O–H groups in total. The number of hydrogen-bond donors (Lipinski definition) is 1. The molecule has 0 fully saturated rings. The molecule has 0 radical (unpaired) electrons. The van der Waals surface area contributed by atoms with Gasteiger partial charge in [0.25, 0.3) is 0 Å². The van der Waals surface area contributed by atoms with Gasteiger partial charge >= 0.3 is 5.97 Å². The lowest BCUT2D eigenvalue weighted by atomic mass is 10.1. The zero-order chi connectivity index (χ0) is 16.8. The molecule has 2 aromatic rings. The first-order valence-corrected chi connectivity index (χ1v) is 8.27. The van der Waals surface area contributed by atoms with Crippen LogP contribution >= 0.6 is 11.3 Å². The molecule has 0 saturated carbocycles. The molecule has 0 aliphatic carbocycles. The smallest absolute Gasteiger partial charge is 0.308 e. The normalized spacial score (nSPS) is 11.9. The predicted octanol–water partition coefficient (Wildman–Crippen LogP) is 2.46. The molecule has 1 amide bonds. The fraction of sp³-hybridized carbons (Fsp3) is 0.353.